The first-order valence-corrected chi connectivity index (χ1v) is 10.4. The predicted molar refractivity (Wildman–Crippen MR) is 116 cm³/mol. The van der Waals surface area contributed by atoms with Crippen LogP contribution in [0.4, 0.5) is 0 Å². The molecule has 0 aliphatic heterocycles. The molecule has 2 amide bonds. The number of nitrogens with one attached hydrogen (secondary N) is 2. The summed E-state index contributed by atoms with van der Waals surface area (Å²) >= 11 is 1.71. The highest BCUT2D eigenvalue weighted by Gasteiger charge is 2.27. The highest BCUT2D eigenvalue weighted by Crippen LogP contribution is 2.26. The van der Waals surface area contributed by atoms with Crippen LogP contribution < -0.4 is 20.1 Å². The molecule has 1 heterocycles. The topological polar surface area (TPSA) is 76.7 Å². The van der Waals surface area contributed by atoms with Crippen molar-refractivity contribution in [2.24, 2.45) is 5.92 Å². The summed E-state index contributed by atoms with van der Waals surface area (Å²) < 4.78 is 10.4. The molecule has 0 saturated carbocycles. The number of aryl methyl sites for hydroxylation is 2. The lowest BCUT2D eigenvalue weighted by molar-refractivity contribution is -0.124. The SMILES string of the molecule is COc1cc(OC)cc(C(=O)N[C@H](C(=O)N[C@@H](C)c2cc(C)sc2C)C(C)C)c1. The van der Waals surface area contributed by atoms with Gasteiger partial charge in [-0.2, -0.15) is 0 Å². The minimum absolute atomic E-state index is 0.0797. The molecule has 0 bridgehead atoms. The van der Waals surface area contributed by atoms with Gasteiger partial charge in [-0.1, -0.05) is 13.8 Å². The van der Waals surface area contributed by atoms with Crippen molar-refractivity contribution in [3.05, 3.63) is 45.1 Å². The third-order valence-corrected chi connectivity index (χ3v) is 5.74. The summed E-state index contributed by atoms with van der Waals surface area (Å²) in [4.78, 5) is 28.1. The van der Waals surface area contributed by atoms with Gasteiger partial charge in [-0.05, 0) is 50.5 Å². The molecule has 29 heavy (non-hydrogen) atoms. The van der Waals surface area contributed by atoms with E-state index in [2.05, 4.69) is 23.6 Å². The molecular weight excluding hydrogens is 388 g/mol. The van der Waals surface area contributed by atoms with Gasteiger partial charge in [0.1, 0.15) is 17.5 Å². The van der Waals surface area contributed by atoms with Crippen molar-refractivity contribution in [3.63, 3.8) is 0 Å². The lowest BCUT2D eigenvalue weighted by Crippen LogP contribution is -2.50. The molecule has 0 fully saturated rings. The third-order valence-electron chi connectivity index (χ3n) is 4.75. The van der Waals surface area contributed by atoms with Gasteiger partial charge in [0, 0.05) is 21.4 Å². The van der Waals surface area contributed by atoms with Crippen molar-refractivity contribution in [1.29, 1.82) is 0 Å². The number of ether oxygens (including phenoxy) is 2. The van der Waals surface area contributed by atoms with Crippen LogP contribution in [-0.4, -0.2) is 32.1 Å². The van der Waals surface area contributed by atoms with Gasteiger partial charge in [-0.25, -0.2) is 0 Å². The first-order chi connectivity index (χ1) is 13.7. The molecule has 2 atom stereocenters. The van der Waals surface area contributed by atoms with E-state index < -0.39 is 6.04 Å². The maximum absolute atomic E-state index is 12.9. The van der Waals surface area contributed by atoms with Crippen molar-refractivity contribution in [2.75, 3.05) is 14.2 Å². The van der Waals surface area contributed by atoms with Crippen molar-refractivity contribution in [1.82, 2.24) is 10.6 Å². The highest BCUT2D eigenvalue weighted by molar-refractivity contribution is 7.12. The lowest BCUT2D eigenvalue weighted by atomic mass is 10.0. The van der Waals surface area contributed by atoms with E-state index in [4.69, 9.17) is 9.47 Å². The van der Waals surface area contributed by atoms with Gasteiger partial charge in [0.15, 0.2) is 0 Å². The van der Waals surface area contributed by atoms with E-state index in [1.54, 1.807) is 29.5 Å². The average Bonchev–Trinajstić information content (AvgIpc) is 3.03. The van der Waals surface area contributed by atoms with E-state index in [-0.39, 0.29) is 23.8 Å². The van der Waals surface area contributed by atoms with Crippen LogP contribution in [0.15, 0.2) is 24.3 Å². The first kappa shape index (κ1) is 22.7. The first-order valence-electron chi connectivity index (χ1n) is 9.57. The Hall–Kier alpha value is -2.54. The van der Waals surface area contributed by atoms with E-state index in [1.165, 1.54) is 24.0 Å². The van der Waals surface area contributed by atoms with Gasteiger partial charge in [0.25, 0.3) is 5.91 Å². The summed E-state index contributed by atoms with van der Waals surface area (Å²) in [6, 6.07) is 6.22. The fourth-order valence-electron chi connectivity index (χ4n) is 3.16. The monoisotopic (exact) mass is 418 g/mol. The summed E-state index contributed by atoms with van der Waals surface area (Å²) in [7, 11) is 3.05. The summed E-state index contributed by atoms with van der Waals surface area (Å²) in [5, 5.41) is 5.89. The number of hydrogen-bond donors (Lipinski definition) is 2. The van der Waals surface area contributed by atoms with Crippen LogP contribution in [0.2, 0.25) is 0 Å². The Labute approximate surface area is 176 Å². The standard InChI is InChI=1S/C22H30N2O4S/c1-12(2)20(22(26)23-14(4)19-8-13(3)29-15(19)5)24-21(25)16-9-17(27-6)11-18(10-16)28-7/h8-12,14,20H,1-7H3,(H,23,26)(H,24,25)/t14-,20-/m0/s1. The maximum atomic E-state index is 12.9. The zero-order valence-electron chi connectivity index (χ0n) is 18.1. The summed E-state index contributed by atoms with van der Waals surface area (Å²) in [6.07, 6.45) is 0. The number of amides is 2. The molecule has 7 heteroatoms. The van der Waals surface area contributed by atoms with Crippen molar-refractivity contribution in [2.45, 2.75) is 46.7 Å². The molecule has 1 aromatic carbocycles. The molecule has 1 aromatic heterocycles. The minimum Gasteiger partial charge on any atom is -0.497 e. The Balaban J connectivity index is 2.16. The van der Waals surface area contributed by atoms with Crippen LogP contribution >= 0.6 is 11.3 Å². The van der Waals surface area contributed by atoms with Crippen LogP contribution in [0, 0.1) is 19.8 Å². The van der Waals surface area contributed by atoms with Crippen molar-refractivity contribution >= 4 is 23.2 Å². The number of methoxy groups -OCH3 is 2. The maximum Gasteiger partial charge on any atom is 0.252 e. The summed E-state index contributed by atoms with van der Waals surface area (Å²) in [5.41, 5.74) is 1.48. The Bertz CT molecular complexity index is 853. The molecule has 0 saturated heterocycles. The van der Waals surface area contributed by atoms with Crippen LogP contribution in [0.1, 0.15) is 52.5 Å². The van der Waals surface area contributed by atoms with Crippen molar-refractivity contribution in [3.8, 4) is 11.5 Å². The largest absolute Gasteiger partial charge is 0.497 e. The normalized spacial score (nSPS) is 13.0. The molecule has 0 radical (unpaired) electrons. The van der Waals surface area contributed by atoms with Crippen molar-refractivity contribution < 1.29 is 19.1 Å². The van der Waals surface area contributed by atoms with Gasteiger partial charge >= 0.3 is 0 Å². The zero-order chi connectivity index (χ0) is 21.7. The van der Waals surface area contributed by atoms with Crippen LogP contribution in [0.25, 0.3) is 0 Å². The van der Waals surface area contributed by atoms with E-state index in [0.29, 0.717) is 17.1 Å². The Morgan fingerprint density at radius 3 is 1.97 bits per heavy atom. The molecule has 0 aliphatic rings. The predicted octanol–water partition coefficient (Wildman–Crippen LogP) is 4.01. The summed E-state index contributed by atoms with van der Waals surface area (Å²) in [6.45, 7) is 9.87. The van der Waals surface area contributed by atoms with Gasteiger partial charge in [-0.15, -0.1) is 11.3 Å². The molecule has 0 unspecified atom stereocenters. The zero-order valence-corrected chi connectivity index (χ0v) is 18.9. The minimum atomic E-state index is -0.665. The molecule has 0 aliphatic carbocycles. The highest BCUT2D eigenvalue weighted by atomic mass is 32.1. The third kappa shape index (κ3) is 5.73. The smallest absolute Gasteiger partial charge is 0.252 e. The second-order valence-electron chi connectivity index (χ2n) is 7.40. The van der Waals surface area contributed by atoms with Gasteiger partial charge in [0.2, 0.25) is 5.91 Å². The van der Waals surface area contributed by atoms with E-state index in [0.717, 1.165) is 5.56 Å². The fourth-order valence-corrected chi connectivity index (χ4v) is 4.18. The van der Waals surface area contributed by atoms with E-state index in [1.807, 2.05) is 27.7 Å². The Kier molecular flexibility index (Phi) is 7.67. The molecule has 2 rings (SSSR count). The Morgan fingerprint density at radius 1 is 0.931 bits per heavy atom. The van der Waals surface area contributed by atoms with Crippen LogP contribution in [0.5, 0.6) is 11.5 Å². The number of thiophene rings is 1. The lowest BCUT2D eigenvalue weighted by Gasteiger charge is -2.24. The number of carbonyl (C=O) groups excluding carboxylic acids is 2. The molecular formula is C22H30N2O4S. The van der Waals surface area contributed by atoms with Gasteiger partial charge < -0.3 is 20.1 Å². The number of carbonyl (C=O) groups is 2. The van der Waals surface area contributed by atoms with Crippen LogP contribution in [-0.2, 0) is 4.79 Å². The quantitative estimate of drug-likeness (QED) is 0.679. The molecule has 6 nitrogen and oxygen atoms in total. The second-order valence-corrected chi connectivity index (χ2v) is 8.86. The number of hydrogen-bond acceptors (Lipinski definition) is 5. The molecule has 2 aromatic rings. The second kappa shape index (κ2) is 9.78. The Morgan fingerprint density at radius 2 is 1.52 bits per heavy atom. The van der Waals surface area contributed by atoms with E-state index in [9.17, 15) is 9.59 Å². The van der Waals surface area contributed by atoms with Gasteiger partial charge in [0.05, 0.1) is 20.3 Å². The van der Waals surface area contributed by atoms with E-state index >= 15 is 0 Å². The molecule has 0 spiro atoms. The summed E-state index contributed by atoms with van der Waals surface area (Å²) in [5.74, 6) is 0.378. The fraction of sp³-hybridized carbons (Fsp3) is 0.455. The average molecular weight is 419 g/mol. The number of benzene rings is 1. The number of rotatable bonds is 8. The van der Waals surface area contributed by atoms with Crippen LogP contribution in [0.3, 0.4) is 0 Å². The molecule has 158 valence electrons. The van der Waals surface area contributed by atoms with Gasteiger partial charge in [-0.3, -0.25) is 9.59 Å². The molecule has 2 N–H and O–H groups in total.